The molecular formula is C18H16FN3O5S. The van der Waals surface area contributed by atoms with Crippen molar-refractivity contribution in [3.05, 3.63) is 71.4 Å². The number of carbonyl (C=O) groups is 1. The minimum Gasteiger partial charge on any atom is -0.497 e. The first-order chi connectivity index (χ1) is 13.4. The van der Waals surface area contributed by atoms with Gasteiger partial charge in [-0.3, -0.25) is 4.79 Å². The number of carbonyl (C=O) groups excluding carboxylic acids is 1. The third-order valence-corrected chi connectivity index (χ3v) is 5.14. The Morgan fingerprint density at radius 3 is 2.71 bits per heavy atom. The number of hydrogen-bond donors (Lipinski definition) is 1. The summed E-state index contributed by atoms with van der Waals surface area (Å²) in [5.74, 6) is -1.25. The molecular weight excluding hydrogens is 389 g/mol. The number of benzene rings is 2. The number of hydrogen-bond acceptors (Lipinski definition) is 7. The van der Waals surface area contributed by atoms with Crippen molar-refractivity contribution in [1.82, 2.24) is 15.5 Å². The molecule has 1 amide bonds. The molecule has 1 aromatic heterocycles. The van der Waals surface area contributed by atoms with Crippen molar-refractivity contribution in [2.45, 2.75) is 17.5 Å². The maximum atomic E-state index is 13.7. The minimum absolute atomic E-state index is 0.00595. The molecule has 0 radical (unpaired) electrons. The van der Waals surface area contributed by atoms with Gasteiger partial charge in [-0.2, -0.15) is 0 Å². The van der Waals surface area contributed by atoms with E-state index in [0.29, 0.717) is 11.3 Å². The number of ether oxygens (including phenoxy) is 1. The number of rotatable bonds is 7. The van der Waals surface area contributed by atoms with Crippen molar-refractivity contribution in [1.29, 1.82) is 0 Å². The number of amides is 1. The van der Waals surface area contributed by atoms with Crippen LogP contribution in [0.25, 0.3) is 0 Å². The van der Waals surface area contributed by atoms with Gasteiger partial charge in [0.05, 0.1) is 19.4 Å². The Morgan fingerprint density at radius 2 is 1.96 bits per heavy atom. The van der Waals surface area contributed by atoms with Crippen molar-refractivity contribution in [2.24, 2.45) is 0 Å². The van der Waals surface area contributed by atoms with Crippen LogP contribution in [0.2, 0.25) is 0 Å². The Morgan fingerprint density at radius 1 is 1.18 bits per heavy atom. The fourth-order valence-electron chi connectivity index (χ4n) is 2.34. The molecule has 0 aliphatic heterocycles. The summed E-state index contributed by atoms with van der Waals surface area (Å²) in [6.07, 6.45) is 0. The molecule has 3 rings (SSSR count). The average molecular weight is 405 g/mol. The lowest BCUT2D eigenvalue weighted by Gasteiger charge is -2.04. The van der Waals surface area contributed by atoms with Crippen LogP contribution in [-0.4, -0.2) is 31.6 Å². The molecule has 0 spiro atoms. The van der Waals surface area contributed by atoms with Crippen LogP contribution in [0, 0.1) is 5.82 Å². The van der Waals surface area contributed by atoms with E-state index >= 15 is 0 Å². The van der Waals surface area contributed by atoms with Crippen molar-refractivity contribution >= 4 is 15.7 Å². The SMILES string of the molecule is COc1cccc(C(=O)NCc2nnc(S(=O)(=O)Cc3ccccc3F)o2)c1. The molecule has 0 aliphatic rings. The van der Waals surface area contributed by atoms with Gasteiger partial charge in [-0.15, -0.1) is 5.10 Å². The van der Waals surface area contributed by atoms with Crippen LogP contribution in [0.5, 0.6) is 5.75 Å². The van der Waals surface area contributed by atoms with Gasteiger partial charge in [-0.05, 0) is 24.3 Å². The largest absolute Gasteiger partial charge is 0.497 e. The Hall–Kier alpha value is -3.27. The van der Waals surface area contributed by atoms with Crippen LogP contribution in [0.4, 0.5) is 4.39 Å². The van der Waals surface area contributed by atoms with Gasteiger partial charge in [0, 0.05) is 11.1 Å². The zero-order valence-electron chi connectivity index (χ0n) is 14.8. The van der Waals surface area contributed by atoms with Crippen molar-refractivity contribution < 1.29 is 26.8 Å². The van der Waals surface area contributed by atoms with Crippen LogP contribution in [0.3, 0.4) is 0 Å². The van der Waals surface area contributed by atoms with E-state index in [-0.39, 0.29) is 18.0 Å². The summed E-state index contributed by atoms with van der Waals surface area (Å²) in [6, 6.07) is 12.0. The normalized spacial score (nSPS) is 11.2. The first kappa shape index (κ1) is 19.5. The highest BCUT2D eigenvalue weighted by atomic mass is 32.2. The van der Waals surface area contributed by atoms with Gasteiger partial charge in [0.25, 0.3) is 5.91 Å². The quantitative estimate of drug-likeness (QED) is 0.641. The van der Waals surface area contributed by atoms with E-state index in [1.165, 1.54) is 25.3 Å². The highest BCUT2D eigenvalue weighted by molar-refractivity contribution is 7.90. The number of sulfone groups is 1. The van der Waals surface area contributed by atoms with Gasteiger partial charge in [0.15, 0.2) is 0 Å². The van der Waals surface area contributed by atoms with Crippen LogP contribution in [-0.2, 0) is 22.1 Å². The van der Waals surface area contributed by atoms with Gasteiger partial charge in [0.1, 0.15) is 11.6 Å². The van der Waals surface area contributed by atoms with E-state index in [1.54, 1.807) is 24.3 Å². The monoisotopic (exact) mass is 405 g/mol. The Bertz CT molecular complexity index is 1100. The summed E-state index contributed by atoms with van der Waals surface area (Å²) in [6.45, 7) is -0.168. The number of methoxy groups -OCH3 is 1. The zero-order valence-corrected chi connectivity index (χ0v) is 15.6. The van der Waals surface area contributed by atoms with Crippen LogP contribution >= 0.6 is 0 Å². The molecule has 0 saturated carbocycles. The van der Waals surface area contributed by atoms with E-state index in [0.717, 1.165) is 6.07 Å². The molecule has 1 N–H and O–H groups in total. The fourth-order valence-corrected chi connectivity index (χ4v) is 3.49. The van der Waals surface area contributed by atoms with Gasteiger partial charge in [0.2, 0.25) is 15.7 Å². The van der Waals surface area contributed by atoms with Gasteiger partial charge in [-0.25, -0.2) is 12.8 Å². The van der Waals surface area contributed by atoms with E-state index in [4.69, 9.17) is 9.15 Å². The Kier molecular flexibility index (Phi) is 5.69. The number of halogens is 1. The smallest absolute Gasteiger partial charge is 0.335 e. The summed E-state index contributed by atoms with van der Waals surface area (Å²) in [7, 11) is -2.54. The third-order valence-electron chi connectivity index (χ3n) is 3.75. The summed E-state index contributed by atoms with van der Waals surface area (Å²) in [5.41, 5.74) is 0.347. The van der Waals surface area contributed by atoms with Crippen LogP contribution in [0.15, 0.2) is 58.2 Å². The maximum absolute atomic E-state index is 13.7. The molecule has 0 saturated heterocycles. The predicted octanol–water partition coefficient (Wildman–Crippen LogP) is 2.12. The molecule has 1 heterocycles. The second-order valence-electron chi connectivity index (χ2n) is 5.73. The molecule has 0 aliphatic carbocycles. The number of aromatic nitrogens is 2. The van der Waals surface area contributed by atoms with E-state index in [1.807, 2.05) is 0 Å². The number of nitrogens with one attached hydrogen (secondary N) is 1. The van der Waals surface area contributed by atoms with Crippen molar-refractivity contribution in [2.75, 3.05) is 7.11 Å². The van der Waals surface area contributed by atoms with Gasteiger partial charge in [-0.1, -0.05) is 29.4 Å². The van der Waals surface area contributed by atoms with Gasteiger partial charge >= 0.3 is 5.22 Å². The minimum atomic E-state index is -4.02. The molecule has 8 nitrogen and oxygen atoms in total. The first-order valence-electron chi connectivity index (χ1n) is 8.10. The maximum Gasteiger partial charge on any atom is 0.335 e. The van der Waals surface area contributed by atoms with Gasteiger partial charge < -0.3 is 14.5 Å². The highest BCUT2D eigenvalue weighted by Gasteiger charge is 2.24. The molecule has 0 fully saturated rings. The molecule has 0 atom stereocenters. The van der Waals surface area contributed by atoms with Crippen molar-refractivity contribution in [3.8, 4) is 5.75 Å². The van der Waals surface area contributed by atoms with E-state index in [9.17, 15) is 17.6 Å². The predicted molar refractivity (Wildman–Crippen MR) is 95.8 cm³/mol. The summed E-state index contributed by atoms with van der Waals surface area (Å²) >= 11 is 0. The van der Waals surface area contributed by atoms with E-state index < -0.39 is 32.5 Å². The van der Waals surface area contributed by atoms with E-state index in [2.05, 4.69) is 15.5 Å². The molecule has 146 valence electrons. The lowest BCUT2D eigenvalue weighted by atomic mass is 10.2. The molecule has 2 aromatic carbocycles. The second-order valence-corrected chi connectivity index (χ2v) is 7.59. The second kappa shape index (κ2) is 8.17. The summed E-state index contributed by atoms with van der Waals surface area (Å²) in [4.78, 5) is 12.2. The molecule has 10 heteroatoms. The average Bonchev–Trinajstić information content (AvgIpc) is 3.18. The Balaban J connectivity index is 1.66. The highest BCUT2D eigenvalue weighted by Crippen LogP contribution is 2.17. The molecule has 0 bridgehead atoms. The lowest BCUT2D eigenvalue weighted by Crippen LogP contribution is -2.22. The summed E-state index contributed by atoms with van der Waals surface area (Å²) < 4.78 is 48.5. The van der Waals surface area contributed by atoms with Crippen LogP contribution < -0.4 is 10.1 Å². The lowest BCUT2D eigenvalue weighted by molar-refractivity contribution is 0.0946. The molecule has 0 unspecified atom stereocenters. The fraction of sp³-hybridized carbons (Fsp3) is 0.167. The van der Waals surface area contributed by atoms with Crippen molar-refractivity contribution in [3.63, 3.8) is 0 Å². The molecule has 28 heavy (non-hydrogen) atoms. The topological polar surface area (TPSA) is 111 Å². The summed E-state index contributed by atoms with van der Waals surface area (Å²) in [5, 5.41) is 9.02. The number of nitrogens with zero attached hydrogens (tertiary/aromatic N) is 2. The molecule has 3 aromatic rings. The van der Waals surface area contributed by atoms with Crippen LogP contribution in [0.1, 0.15) is 21.8 Å². The zero-order chi connectivity index (χ0) is 20.1. The third kappa shape index (κ3) is 4.52. The standard InChI is InChI=1S/C18H16FN3O5S/c1-26-14-7-4-6-12(9-14)17(23)20-10-16-21-22-18(27-16)28(24,25)11-13-5-2-3-8-15(13)19/h2-9H,10-11H2,1H3,(H,20,23). The Labute approximate surface area is 160 Å². The first-order valence-corrected chi connectivity index (χ1v) is 9.75.